The Morgan fingerprint density at radius 1 is 0.926 bits per heavy atom. The predicted octanol–water partition coefficient (Wildman–Crippen LogP) is 5.86. The van der Waals surface area contributed by atoms with Crippen LogP contribution >= 0.6 is 0 Å². The van der Waals surface area contributed by atoms with E-state index in [1.807, 2.05) is 0 Å². The lowest BCUT2D eigenvalue weighted by Gasteiger charge is -2.40. The van der Waals surface area contributed by atoms with Gasteiger partial charge in [0.1, 0.15) is 0 Å². The molecule has 2 saturated carbocycles. The van der Waals surface area contributed by atoms with Gasteiger partial charge >= 0.3 is 0 Å². The van der Waals surface area contributed by atoms with Gasteiger partial charge in [-0.2, -0.15) is 0 Å². The normalized spacial score (nSPS) is 34.7. The van der Waals surface area contributed by atoms with Crippen molar-refractivity contribution in [3.8, 4) is 0 Å². The second-order valence-electron chi connectivity index (χ2n) is 10.1. The van der Waals surface area contributed by atoms with Crippen LogP contribution < -0.4 is 11.1 Å². The molecule has 0 heterocycles. The van der Waals surface area contributed by atoms with Crippen LogP contribution in [0.15, 0.2) is 24.3 Å². The molecule has 0 saturated heterocycles. The summed E-state index contributed by atoms with van der Waals surface area (Å²) in [5, 5.41) is 3.84. The molecule has 0 aromatic heterocycles. The molecular weight excluding hydrogens is 328 g/mol. The Balaban J connectivity index is 1.43. The highest BCUT2D eigenvalue weighted by atomic mass is 14.9. The van der Waals surface area contributed by atoms with Crippen LogP contribution in [0.4, 0.5) is 0 Å². The number of hydrogen-bond acceptors (Lipinski definition) is 2. The summed E-state index contributed by atoms with van der Waals surface area (Å²) in [6.45, 7) is 10.5. The van der Waals surface area contributed by atoms with Gasteiger partial charge in [-0.25, -0.2) is 0 Å². The Bertz CT molecular complexity index is 564. The first-order valence-electron chi connectivity index (χ1n) is 11.5. The zero-order chi connectivity index (χ0) is 19.4. The molecule has 6 atom stereocenters. The Morgan fingerprint density at radius 2 is 1.56 bits per heavy atom. The first-order chi connectivity index (χ1) is 12.9. The lowest BCUT2D eigenvalue weighted by molar-refractivity contribution is 0.132. The van der Waals surface area contributed by atoms with Crippen molar-refractivity contribution in [3.05, 3.63) is 35.4 Å². The summed E-state index contributed by atoms with van der Waals surface area (Å²) >= 11 is 0. The van der Waals surface area contributed by atoms with Crippen LogP contribution in [0.2, 0.25) is 0 Å². The molecule has 0 spiro atoms. The molecule has 3 N–H and O–H groups in total. The molecule has 27 heavy (non-hydrogen) atoms. The highest BCUT2D eigenvalue weighted by molar-refractivity contribution is 5.24. The predicted molar refractivity (Wildman–Crippen MR) is 117 cm³/mol. The summed E-state index contributed by atoms with van der Waals surface area (Å²) in [4.78, 5) is 0. The maximum Gasteiger partial charge on any atom is 0.0208 e. The molecular formula is C25H42N2. The zero-order valence-corrected chi connectivity index (χ0v) is 18.1. The average molecular weight is 371 g/mol. The zero-order valence-electron chi connectivity index (χ0n) is 18.1. The molecule has 2 fully saturated rings. The summed E-state index contributed by atoms with van der Waals surface area (Å²) in [5.41, 5.74) is 9.02. The molecule has 152 valence electrons. The molecule has 2 aliphatic carbocycles. The monoisotopic (exact) mass is 370 g/mol. The number of nitrogens with one attached hydrogen (secondary N) is 1. The van der Waals surface area contributed by atoms with E-state index < -0.39 is 0 Å². The maximum atomic E-state index is 6.16. The number of rotatable bonds is 6. The van der Waals surface area contributed by atoms with Crippen LogP contribution in [-0.2, 0) is 6.54 Å². The molecule has 0 aliphatic heterocycles. The Morgan fingerprint density at radius 3 is 2.15 bits per heavy atom. The van der Waals surface area contributed by atoms with Gasteiger partial charge < -0.3 is 11.1 Å². The van der Waals surface area contributed by atoms with E-state index in [1.54, 1.807) is 0 Å². The van der Waals surface area contributed by atoms with E-state index in [1.165, 1.54) is 56.1 Å². The summed E-state index contributed by atoms with van der Waals surface area (Å²) < 4.78 is 0. The SMILES string of the molecule is CC(C)c1ccc(CNC2CCC(CC3CCC(N)CC3C)C(C)C2)cc1. The van der Waals surface area contributed by atoms with Crippen LogP contribution in [0.25, 0.3) is 0 Å². The molecule has 0 radical (unpaired) electrons. The van der Waals surface area contributed by atoms with Gasteiger partial charge in [0.25, 0.3) is 0 Å². The van der Waals surface area contributed by atoms with Crippen LogP contribution in [0, 0.1) is 23.7 Å². The third-order valence-electron chi connectivity index (χ3n) is 7.58. The van der Waals surface area contributed by atoms with Gasteiger partial charge in [0.15, 0.2) is 0 Å². The van der Waals surface area contributed by atoms with Crippen molar-refractivity contribution in [1.29, 1.82) is 0 Å². The minimum atomic E-state index is 0.461. The minimum Gasteiger partial charge on any atom is -0.328 e. The highest BCUT2D eigenvalue weighted by Crippen LogP contribution is 2.40. The van der Waals surface area contributed by atoms with Crippen molar-refractivity contribution in [2.24, 2.45) is 29.4 Å². The van der Waals surface area contributed by atoms with Crippen molar-refractivity contribution < 1.29 is 0 Å². The first-order valence-corrected chi connectivity index (χ1v) is 11.5. The van der Waals surface area contributed by atoms with Gasteiger partial charge in [-0.1, -0.05) is 52.0 Å². The van der Waals surface area contributed by atoms with Crippen molar-refractivity contribution >= 4 is 0 Å². The number of benzene rings is 1. The fourth-order valence-corrected chi connectivity index (χ4v) is 5.52. The number of nitrogens with two attached hydrogens (primary N) is 1. The third-order valence-corrected chi connectivity index (χ3v) is 7.58. The minimum absolute atomic E-state index is 0.461. The Kier molecular flexibility index (Phi) is 7.39. The van der Waals surface area contributed by atoms with E-state index in [-0.39, 0.29) is 0 Å². The van der Waals surface area contributed by atoms with E-state index in [0.717, 1.165) is 30.2 Å². The lowest BCUT2D eigenvalue weighted by atomic mass is 9.68. The van der Waals surface area contributed by atoms with Gasteiger partial charge in [0.05, 0.1) is 0 Å². The van der Waals surface area contributed by atoms with E-state index in [9.17, 15) is 0 Å². The molecule has 1 aromatic rings. The van der Waals surface area contributed by atoms with E-state index in [4.69, 9.17) is 5.73 Å². The fraction of sp³-hybridized carbons (Fsp3) is 0.760. The lowest BCUT2D eigenvalue weighted by Crippen LogP contribution is -2.38. The second kappa shape index (κ2) is 9.56. The van der Waals surface area contributed by atoms with Crippen LogP contribution in [0.3, 0.4) is 0 Å². The van der Waals surface area contributed by atoms with E-state index >= 15 is 0 Å². The summed E-state index contributed by atoms with van der Waals surface area (Å²) in [7, 11) is 0. The fourth-order valence-electron chi connectivity index (χ4n) is 5.52. The third kappa shape index (κ3) is 5.81. The molecule has 3 rings (SSSR count). The standard InChI is InChI=1S/C25H42N2/c1-17(2)21-7-5-20(6-8-21)16-27-25-12-10-23(19(4)14-25)15-22-9-11-24(26)13-18(22)3/h5-8,17-19,22-25,27H,9-16,26H2,1-4H3. The van der Waals surface area contributed by atoms with Crippen molar-refractivity contribution in [2.45, 2.75) is 97.2 Å². The van der Waals surface area contributed by atoms with Gasteiger partial charge in [0.2, 0.25) is 0 Å². The second-order valence-corrected chi connectivity index (χ2v) is 10.1. The molecule has 0 amide bonds. The van der Waals surface area contributed by atoms with Crippen molar-refractivity contribution in [2.75, 3.05) is 0 Å². The maximum absolute atomic E-state index is 6.16. The summed E-state index contributed by atoms with van der Waals surface area (Å²) in [6, 6.07) is 10.3. The summed E-state index contributed by atoms with van der Waals surface area (Å²) in [6.07, 6.45) is 9.38. The van der Waals surface area contributed by atoms with Gasteiger partial charge in [-0.3, -0.25) is 0 Å². The molecule has 1 aromatic carbocycles. The Labute approximate surface area is 167 Å². The quantitative estimate of drug-likeness (QED) is 0.658. The molecule has 0 bridgehead atoms. The van der Waals surface area contributed by atoms with Crippen molar-refractivity contribution in [3.63, 3.8) is 0 Å². The van der Waals surface area contributed by atoms with Gasteiger partial charge in [0, 0.05) is 18.6 Å². The smallest absolute Gasteiger partial charge is 0.0208 e. The first kappa shape index (κ1) is 20.9. The van der Waals surface area contributed by atoms with E-state index in [2.05, 4.69) is 57.3 Å². The molecule has 6 unspecified atom stereocenters. The topological polar surface area (TPSA) is 38.0 Å². The van der Waals surface area contributed by atoms with Crippen LogP contribution in [-0.4, -0.2) is 12.1 Å². The number of hydrogen-bond donors (Lipinski definition) is 2. The van der Waals surface area contributed by atoms with Gasteiger partial charge in [-0.05, 0) is 85.7 Å². The van der Waals surface area contributed by atoms with Crippen LogP contribution in [0.5, 0.6) is 0 Å². The average Bonchev–Trinajstić information content (AvgIpc) is 2.64. The van der Waals surface area contributed by atoms with Crippen molar-refractivity contribution in [1.82, 2.24) is 5.32 Å². The molecule has 2 aliphatic rings. The molecule has 2 nitrogen and oxygen atoms in total. The van der Waals surface area contributed by atoms with Gasteiger partial charge in [-0.15, -0.1) is 0 Å². The highest BCUT2D eigenvalue weighted by Gasteiger charge is 2.32. The molecule has 2 heteroatoms. The van der Waals surface area contributed by atoms with Crippen LogP contribution in [0.1, 0.15) is 89.7 Å². The summed E-state index contributed by atoms with van der Waals surface area (Å²) in [5.74, 6) is 4.13. The Hall–Kier alpha value is -0.860. The largest absolute Gasteiger partial charge is 0.328 e. The van der Waals surface area contributed by atoms with E-state index in [0.29, 0.717) is 18.0 Å².